The van der Waals surface area contributed by atoms with E-state index in [0.717, 1.165) is 43.7 Å². The van der Waals surface area contributed by atoms with Crippen molar-refractivity contribution in [2.75, 3.05) is 24.5 Å². The number of amides is 1. The monoisotopic (exact) mass is 345 g/mol. The molecule has 25 heavy (non-hydrogen) atoms. The summed E-state index contributed by atoms with van der Waals surface area (Å²) in [5.41, 5.74) is 3.33. The van der Waals surface area contributed by atoms with E-state index in [0.29, 0.717) is 13.0 Å². The van der Waals surface area contributed by atoms with Crippen LogP contribution in [0.25, 0.3) is 0 Å². The van der Waals surface area contributed by atoms with Crippen LogP contribution in [0.2, 0.25) is 0 Å². The van der Waals surface area contributed by atoms with Crippen LogP contribution in [-0.2, 0) is 9.59 Å². The van der Waals surface area contributed by atoms with Gasteiger partial charge in [0.25, 0.3) is 0 Å². The number of carboxylic acid groups (broad SMARTS) is 1. The molecule has 0 bridgehead atoms. The highest BCUT2D eigenvalue weighted by Gasteiger charge is 2.43. The number of aromatic nitrogens is 1. The number of aliphatic carboxylic acids is 1. The largest absolute Gasteiger partial charge is 0.480 e. The Kier molecular flexibility index (Phi) is 4.71. The molecule has 3 rings (SSSR count). The van der Waals surface area contributed by atoms with Gasteiger partial charge in [-0.3, -0.25) is 9.78 Å². The molecule has 6 heteroatoms. The molecule has 2 aliphatic heterocycles. The molecule has 1 spiro atoms. The average molecular weight is 345 g/mol. The van der Waals surface area contributed by atoms with Gasteiger partial charge in [0.2, 0.25) is 5.91 Å². The van der Waals surface area contributed by atoms with E-state index in [4.69, 9.17) is 0 Å². The van der Waals surface area contributed by atoms with Crippen LogP contribution in [0.4, 0.5) is 5.69 Å². The fraction of sp³-hybridized carbons (Fsp3) is 0.632. The molecule has 3 heterocycles. The van der Waals surface area contributed by atoms with Gasteiger partial charge in [-0.2, -0.15) is 0 Å². The first-order chi connectivity index (χ1) is 11.8. The van der Waals surface area contributed by atoms with Gasteiger partial charge in [0.15, 0.2) is 0 Å². The second-order valence-electron chi connectivity index (χ2n) is 7.63. The highest BCUT2D eigenvalue weighted by atomic mass is 16.4. The zero-order valence-corrected chi connectivity index (χ0v) is 15.3. The van der Waals surface area contributed by atoms with Crippen LogP contribution in [-0.4, -0.2) is 52.5 Å². The molecular weight excluding hydrogens is 318 g/mol. The highest BCUT2D eigenvalue weighted by Crippen LogP contribution is 2.41. The van der Waals surface area contributed by atoms with Gasteiger partial charge < -0.3 is 14.9 Å². The molecule has 6 nitrogen and oxygen atoms in total. The number of hydrogen-bond donors (Lipinski definition) is 1. The van der Waals surface area contributed by atoms with Gasteiger partial charge in [-0.1, -0.05) is 0 Å². The predicted octanol–water partition coefficient (Wildman–Crippen LogP) is 2.38. The van der Waals surface area contributed by atoms with Crippen LogP contribution in [0.3, 0.4) is 0 Å². The maximum Gasteiger partial charge on any atom is 0.326 e. The number of carbonyl (C=O) groups excluding carboxylic acids is 1. The summed E-state index contributed by atoms with van der Waals surface area (Å²) in [6.07, 6.45) is 3.31. The van der Waals surface area contributed by atoms with E-state index in [-0.39, 0.29) is 11.3 Å². The maximum atomic E-state index is 12.2. The second kappa shape index (κ2) is 6.65. The van der Waals surface area contributed by atoms with Crippen LogP contribution >= 0.6 is 0 Å². The number of likely N-dealkylation sites (tertiary alicyclic amines) is 1. The minimum absolute atomic E-state index is 0.0247. The fourth-order valence-electron chi connectivity index (χ4n) is 4.17. The number of nitrogens with zero attached hydrogens (tertiary/aromatic N) is 3. The Labute approximate surface area is 148 Å². The van der Waals surface area contributed by atoms with Crippen LogP contribution < -0.4 is 4.90 Å². The molecule has 136 valence electrons. The third-order valence-electron chi connectivity index (χ3n) is 5.78. The second-order valence-corrected chi connectivity index (χ2v) is 7.63. The van der Waals surface area contributed by atoms with E-state index in [1.165, 1.54) is 5.69 Å². The molecule has 0 aliphatic carbocycles. The minimum atomic E-state index is -0.925. The van der Waals surface area contributed by atoms with E-state index >= 15 is 0 Å². The van der Waals surface area contributed by atoms with Crippen molar-refractivity contribution in [2.24, 2.45) is 5.41 Å². The van der Waals surface area contributed by atoms with Crippen molar-refractivity contribution < 1.29 is 14.7 Å². The van der Waals surface area contributed by atoms with Crippen molar-refractivity contribution in [3.05, 3.63) is 23.5 Å². The molecule has 1 N–H and O–H groups in total. The SMILES string of the molecule is Cc1cc(N2CCC3(CCC(=O)N([C@H](C)C(=O)O)C3)CC2)cc(C)n1. The lowest BCUT2D eigenvalue weighted by Gasteiger charge is -2.48. The molecule has 0 aromatic carbocycles. The number of piperidine rings is 2. The Balaban J connectivity index is 1.70. The first-order valence-electron chi connectivity index (χ1n) is 9.02. The molecule has 2 aliphatic rings. The smallest absolute Gasteiger partial charge is 0.326 e. The Bertz CT molecular complexity index is 660. The molecule has 1 aromatic rings. The van der Waals surface area contributed by atoms with Gasteiger partial charge in [0.05, 0.1) is 0 Å². The first kappa shape index (κ1) is 17.7. The van der Waals surface area contributed by atoms with Gasteiger partial charge in [0.1, 0.15) is 6.04 Å². The third kappa shape index (κ3) is 3.62. The molecule has 2 saturated heterocycles. The molecule has 2 fully saturated rings. The summed E-state index contributed by atoms with van der Waals surface area (Å²) < 4.78 is 0. The van der Waals surface area contributed by atoms with Gasteiger partial charge in [-0.15, -0.1) is 0 Å². The lowest BCUT2D eigenvalue weighted by molar-refractivity contribution is -0.154. The third-order valence-corrected chi connectivity index (χ3v) is 5.78. The molecular formula is C19H27N3O3. The number of aryl methyl sites for hydroxylation is 2. The lowest BCUT2D eigenvalue weighted by atomic mass is 9.72. The lowest BCUT2D eigenvalue weighted by Crippen LogP contribution is -2.55. The van der Waals surface area contributed by atoms with Gasteiger partial charge in [-0.05, 0) is 57.6 Å². The molecule has 1 amide bonds. The molecule has 0 radical (unpaired) electrons. The van der Waals surface area contributed by atoms with Crippen molar-refractivity contribution in [3.8, 4) is 0 Å². The van der Waals surface area contributed by atoms with E-state index in [1.54, 1.807) is 11.8 Å². The normalized spacial score (nSPS) is 21.5. The van der Waals surface area contributed by atoms with E-state index < -0.39 is 12.0 Å². The minimum Gasteiger partial charge on any atom is -0.480 e. The zero-order chi connectivity index (χ0) is 18.2. The summed E-state index contributed by atoms with van der Waals surface area (Å²) in [5.74, 6) is -0.950. The van der Waals surface area contributed by atoms with Crippen LogP contribution in [0.1, 0.15) is 44.0 Å². The van der Waals surface area contributed by atoms with Gasteiger partial charge in [0, 0.05) is 43.1 Å². The van der Waals surface area contributed by atoms with Crippen molar-refractivity contribution in [2.45, 2.75) is 52.5 Å². The van der Waals surface area contributed by atoms with Crippen LogP contribution in [0.15, 0.2) is 12.1 Å². The molecule has 0 unspecified atom stereocenters. The number of carbonyl (C=O) groups is 2. The summed E-state index contributed by atoms with van der Waals surface area (Å²) in [4.78, 5) is 31.9. The van der Waals surface area contributed by atoms with Crippen molar-refractivity contribution in [1.82, 2.24) is 9.88 Å². The Morgan fingerprint density at radius 2 is 1.80 bits per heavy atom. The van der Waals surface area contributed by atoms with Crippen molar-refractivity contribution in [1.29, 1.82) is 0 Å². The maximum absolute atomic E-state index is 12.2. The zero-order valence-electron chi connectivity index (χ0n) is 15.3. The van der Waals surface area contributed by atoms with Gasteiger partial charge in [-0.25, -0.2) is 4.79 Å². The number of carboxylic acids is 1. The van der Waals surface area contributed by atoms with Crippen LogP contribution in [0, 0.1) is 19.3 Å². The van der Waals surface area contributed by atoms with E-state index in [2.05, 4.69) is 22.0 Å². The summed E-state index contributed by atoms with van der Waals surface area (Å²) in [7, 11) is 0. The highest BCUT2D eigenvalue weighted by molar-refractivity contribution is 5.84. The van der Waals surface area contributed by atoms with Crippen LogP contribution in [0.5, 0.6) is 0 Å². The average Bonchev–Trinajstić information content (AvgIpc) is 2.56. The molecule has 1 atom stereocenters. The van der Waals surface area contributed by atoms with E-state index in [1.807, 2.05) is 13.8 Å². The Hall–Kier alpha value is -2.11. The number of pyridine rings is 1. The van der Waals surface area contributed by atoms with E-state index in [9.17, 15) is 14.7 Å². The van der Waals surface area contributed by atoms with Crippen molar-refractivity contribution in [3.63, 3.8) is 0 Å². The molecule has 1 aromatic heterocycles. The van der Waals surface area contributed by atoms with Gasteiger partial charge >= 0.3 is 5.97 Å². The number of hydrogen-bond acceptors (Lipinski definition) is 4. The Morgan fingerprint density at radius 3 is 2.36 bits per heavy atom. The fourth-order valence-corrected chi connectivity index (χ4v) is 4.17. The summed E-state index contributed by atoms with van der Waals surface area (Å²) in [5, 5.41) is 9.27. The molecule has 0 saturated carbocycles. The summed E-state index contributed by atoms with van der Waals surface area (Å²) in [6.45, 7) is 8.08. The van der Waals surface area contributed by atoms with Crippen molar-refractivity contribution >= 4 is 17.6 Å². The Morgan fingerprint density at radius 1 is 1.20 bits per heavy atom. The quantitative estimate of drug-likeness (QED) is 0.910. The summed E-state index contributed by atoms with van der Waals surface area (Å²) >= 11 is 0. The number of anilines is 1. The topological polar surface area (TPSA) is 73.7 Å². The predicted molar refractivity (Wildman–Crippen MR) is 95.6 cm³/mol. The number of rotatable bonds is 3. The summed E-state index contributed by atoms with van der Waals surface area (Å²) in [6, 6.07) is 3.50. The first-order valence-corrected chi connectivity index (χ1v) is 9.02. The standard InChI is InChI=1S/C19H27N3O3/c1-13-10-16(11-14(2)20-13)21-8-6-19(7-9-21)5-4-17(23)22(12-19)15(3)18(24)25/h10-11,15H,4-9,12H2,1-3H3,(H,24,25)/t15-/m1/s1.